The van der Waals surface area contributed by atoms with Crippen LogP contribution in [0.5, 0.6) is 0 Å². The summed E-state index contributed by atoms with van der Waals surface area (Å²) in [7, 11) is 0. The molecule has 0 saturated carbocycles. The molecule has 4 heterocycles. The number of piperidine rings is 1. The van der Waals surface area contributed by atoms with Gasteiger partial charge in [0.05, 0.1) is 42.4 Å². The highest BCUT2D eigenvalue weighted by Crippen LogP contribution is 2.42. The van der Waals surface area contributed by atoms with Crippen molar-refractivity contribution in [2.24, 2.45) is 11.1 Å². The second-order valence-electron chi connectivity index (χ2n) is 8.31. The van der Waals surface area contributed by atoms with E-state index in [0.717, 1.165) is 36.4 Å². The van der Waals surface area contributed by atoms with Gasteiger partial charge in [-0.1, -0.05) is 35.5 Å². The Morgan fingerprint density at radius 2 is 2.03 bits per heavy atom. The monoisotopic (exact) mass is 485 g/mol. The number of ether oxygens (including phenoxy) is 1. The van der Waals surface area contributed by atoms with E-state index >= 15 is 0 Å². The van der Waals surface area contributed by atoms with Gasteiger partial charge in [0.25, 0.3) is 0 Å². The molecule has 33 heavy (non-hydrogen) atoms. The largest absolute Gasteiger partial charge is 0.394 e. The van der Waals surface area contributed by atoms with E-state index in [0.29, 0.717) is 28.3 Å². The summed E-state index contributed by atoms with van der Waals surface area (Å²) in [5, 5.41) is 19.4. The van der Waals surface area contributed by atoms with E-state index in [2.05, 4.69) is 30.0 Å². The van der Waals surface area contributed by atoms with E-state index in [4.69, 9.17) is 22.1 Å². The van der Waals surface area contributed by atoms with Crippen molar-refractivity contribution < 1.29 is 9.84 Å². The normalized spacial score (nSPS) is 22.1. The number of aromatic nitrogens is 5. The molecule has 11 heteroatoms. The van der Waals surface area contributed by atoms with Crippen molar-refractivity contribution in [1.82, 2.24) is 25.1 Å². The summed E-state index contributed by atoms with van der Waals surface area (Å²) in [5.41, 5.74) is 7.81. The lowest BCUT2D eigenvalue weighted by molar-refractivity contribution is 0.0479. The Kier molecular flexibility index (Phi) is 6.44. The van der Waals surface area contributed by atoms with E-state index in [9.17, 15) is 5.11 Å². The average Bonchev–Trinajstić information content (AvgIpc) is 3.16. The minimum absolute atomic E-state index is 0.0372. The van der Waals surface area contributed by atoms with Gasteiger partial charge in [-0.3, -0.25) is 9.97 Å². The number of aliphatic hydroxyl groups excluding tert-OH is 1. The summed E-state index contributed by atoms with van der Waals surface area (Å²) in [6.45, 7) is 2.10. The minimum Gasteiger partial charge on any atom is -0.394 e. The number of hydrogen-bond acceptors (Lipinski definition) is 10. The Morgan fingerprint density at radius 3 is 2.70 bits per heavy atom. The van der Waals surface area contributed by atoms with Crippen LogP contribution < -0.4 is 10.6 Å². The van der Waals surface area contributed by atoms with Crippen molar-refractivity contribution >= 4 is 29.3 Å². The van der Waals surface area contributed by atoms with Crippen molar-refractivity contribution in [2.75, 3.05) is 31.2 Å². The second-order valence-corrected chi connectivity index (χ2v) is 9.75. The third-order valence-electron chi connectivity index (χ3n) is 6.46. The Bertz CT molecular complexity index is 1100. The zero-order valence-electron chi connectivity index (χ0n) is 17.8. The van der Waals surface area contributed by atoms with Crippen LogP contribution in [-0.4, -0.2) is 68.7 Å². The lowest BCUT2D eigenvalue weighted by Crippen LogP contribution is -2.52. The lowest BCUT2D eigenvalue weighted by Gasteiger charge is -2.41. The predicted molar refractivity (Wildman–Crippen MR) is 125 cm³/mol. The van der Waals surface area contributed by atoms with Crippen molar-refractivity contribution in [1.29, 1.82) is 0 Å². The smallest absolute Gasteiger partial charge is 0.245 e. The van der Waals surface area contributed by atoms with Crippen LogP contribution in [0.3, 0.4) is 0 Å². The van der Waals surface area contributed by atoms with Crippen LogP contribution in [0.4, 0.5) is 5.95 Å². The van der Waals surface area contributed by atoms with Crippen LogP contribution in [0.1, 0.15) is 12.8 Å². The molecule has 9 nitrogen and oxygen atoms in total. The Labute approximate surface area is 200 Å². The van der Waals surface area contributed by atoms with E-state index in [1.165, 1.54) is 11.8 Å². The standard InChI is InChI=1S/C22H24ClN7O2S/c23-19-14(15-10-25-6-7-26-15)2-1-3-17(19)33-18-11-27-21(29-28-18)30-8-4-22(5-9-30)13-32-16(12-31)20(22)24/h1-3,6-7,10-11,16,20,31H,4-5,8-9,12-13,24H2/t16-,20-/m1/s1. The molecule has 2 aliphatic rings. The topological polar surface area (TPSA) is 123 Å². The molecule has 2 aliphatic heterocycles. The molecule has 0 aliphatic carbocycles. The van der Waals surface area contributed by atoms with Gasteiger partial charge in [0, 0.05) is 47.4 Å². The number of hydrogen-bond donors (Lipinski definition) is 2. The van der Waals surface area contributed by atoms with Gasteiger partial charge in [0.2, 0.25) is 5.95 Å². The highest BCUT2D eigenvalue weighted by atomic mass is 35.5. The zero-order valence-corrected chi connectivity index (χ0v) is 19.4. The molecule has 172 valence electrons. The van der Waals surface area contributed by atoms with Crippen molar-refractivity contribution in [3.8, 4) is 11.3 Å². The molecule has 2 fully saturated rings. The molecular weight excluding hydrogens is 462 g/mol. The number of nitrogens with two attached hydrogens (primary N) is 1. The quantitative estimate of drug-likeness (QED) is 0.556. The summed E-state index contributed by atoms with van der Waals surface area (Å²) in [4.78, 5) is 15.9. The zero-order chi connectivity index (χ0) is 22.8. The van der Waals surface area contributed by atoms with E-state index < -0.39 is 0 Å². The van der Waals surface area contributed by atoms with Gasteiger partial charge in [0.15, 0.2) is 0 Å². The van der Waals surface area contributed by atoms with Crippen LogP contribution in [0, 0.1) is 5.41 Å². The van der Waals surface area contributed by atoms with Gasteiger partial charge >= 0.3 is 0 Å². The first-order valence-corrected chi connectivity index (χ1v) is 11.9. The Balaban J connectivity index is 1.25. The first-order chi connectivity index (χ1) is 16.1. The second kappa shape index (κ2) is 9.47. The van der Waals surface area contributed by atoms with Crippen molar-refractivity contribution in [3.63, 3.8) is 0 Å². The number of anilines is 1. The fourth-order valence-electron chi connectivity index (χ4n) is 4.45. The van der Waals surface area contributed by atoms with Crippen LogP contribution in [0.2, 0.25) is 5.02 Å². The molecular formula is C22H24ClN7O2S. The first kappa shape index (κ1) is 22.4. The molecule has 2 atom stereocenters. The molecule has 0 radical (unpaired) electrons. The number of aliphatic hydroxyl groups is 1. The molecule has 3 N–H and O–H groups in total. The van der Waals surface area contributed by atoms with Crippen LogP contribution in [0.25, 0.3) is 11.3 Å². The maximum Gasteiger partial charge on any atom is 0.245 e. The van der Waals surface area contributed by atoms with Gasteiger partial charge in [-0.05, 0) is 18.9 Å². The molecule has 3 aromatic rings. The molecule has 2 saturated heterocycles. The highest BCUT2D eigenvalue weighted by Gasteiger charge is 2.49. The summed E-state index contributed by atoms with van der Waals surface area (Å²) < 4.78 is 5.71. The Hall–Kier alpha value is -2.37. The fourth-order valence-corrected chi connectivity index (χ4v) is 5.55. The molecule has 1 aromatic carbocycles. The number of benzene rings is 1. The van der Waals surface area contributed by atoms with Crippen LogP contribution in [-0.2, 0) is 4.74 Å². The number of halogens is 1. The van der Waals surface area contributed by atoms with Crippen molar-refractivity contribution in [3.05, 3.63) is 48.0 Å². The van der Waals surface area contributed by atoms with Gasteiger partial charge < -0.3 is 20.5 Å². The molecule has 0 bridgehead atoms. The lowest BCUT2D eigenvalue weighted by atomic mass is 9.73. The number of rotatable bonds is 5. The van der Waals surface area contributed by atoms with Gasteiger partial charge in [-0.25, -0.2) is 4.98 Å². The highest BCUT2D eigenvalue weighted by molar-refractivity contribution is 7.99. The van der Waals surface area contributed by atoms with Crippen LogP contribution >= 0.6 is 23.4 Å². The molecule has 0 unspecified atom stereocenters. The molecule has 1 spiro atoms. The minimum atomic E-state index is -0.273. The summed E-state index contributed by atoms with van der Waals surface area (Å²) >= 11 is 8.04. The van der Waals surface area contributed by atoms with Gasteiger partial charge in [-0.2, -0.15) is 0 Å². The SMILES string of the molecule is N[C@@H]1[C@@H](CO)OCC12CCN(c1ncc(Sc3cccc(-c4cnccn4)c3Cl)nn1)CC2. The summed E-state index contributed by atoms with van der Waals surface area (Å²) in [6.07, 6.45) is 8.14. The summed E-state index contributed by atoms with van der Waals surface area (Å²) in [6, 6.07) is 5.62. The van der Waals surface area contributed by atoms with Crippen LogP contribution in [0.15, 0.2) is 52.9 Å². The predicted octanol–water partition coefficient (Wildman–Crippen LogP) is 2.44. The third-order valence-corrected chi connectivity index (χ3v) is 7.94. The maximum absolute atomic E-state index is 9.44. The third kappa shape index (κ3) is 4.41. The number of nitrogens with zero attached hydrogens (tertiary/aromatic N) is 6. The van der Waals surface area contributed by atoms with Gasteiger partial charge in [0.1, 0.15) is 5.03 Å². The average molecular weight is 486 g/mol. The fraction of sp³-hybridized carbons (Fsp3) is 0.409. The Morgan fingerprint density at radius 1 is 1.18 bits per heavy atom. The van der Waals surface area contributed by atoms with E-state index in [1.54, 1.807) is 24.8 Å². The maximum atomic E-state index is 9.44. The molecule has 0 amide bonds. The van der Waals surface area contributed by atoms with Gasteiger partial charge in [-0.15, -0.1) is 10.2 Å². The van der Waals surface area contributed by atoms with Crippen molar-refractivity contribution in [2.45, 2.75) is 34.9 Å². The molecule has 5 rings (SSSR count). The molecule has 2 aromatic heterocycles. The summed E-state index contributed by atoms with van der Waals surface area (Å²) in [5.74, 6) is 0.597. The first-order valence-electron chi connectivity index (χ1n) is 10.8. The van der Waals surface area contributed by atoms with E-state index in [1.807, 2.05) is 18.2 Å². The van der Waals surface area contributed by atoms with E-state index in [-0.39, 0.29) is 24.2 Å².